The summed E-state index contributed by atoms with van der Waals surface area (Å²) in [5, 5.41) is 13.6. The highest BCUT2D eigenvalue weighted by atomic mass is 16.4. The minimum Gasteiger partial charge on any atom is -0.476 e. The van der Waals surface area contributed by atoms with E-state index in [4.69, 9.17) is 0 Å². The van der Waals surface area contributed by atoms with Gasteiger partial charge in [0.05, 0.1) is 11.9 Å². The van der Waals surface area contributed by atoms with Crippen LogP contribution in [0.1, 0.15) is 45.9 Å². The molecule has 0 saturated heterocycles. The van der Waals surface area contributed by atoms with E-state index < -0.39 is 5.97 Å². The van der Waals surface area contributed by atoms with Gasteiger partial charge in [-0.15, -0.1) is 0 Å². The third kappa shape index (κ3) is 2.22. The number of nitrogens with one attached hydrogen (secondary N) is 1. The molecule has 4 rings (SSSR count). The Labute approximate surface area is 137 Å². The van der Waals surface area contributed by atoms with Crippen molar-refractivity contribution in [3.63, 3.8) is 0 Å². The average Bonchev–Trinajstić information content (AvgIpc) is 3.29. The molecule has 1 fully saturated rings. The lowest BCUT2D eigenvalue weighted by Gasteiger charge is -2.06. The molecule has 2 heterocycles. The second-order valence-electron chi connectivity index (χ2n) is 6.43. The number of hydrogen-bond donors (Lipinski definition) is 2. The summed E-state index contributed by atoms with van der Waals surface area (Å²) in [6.07, 6.45) is 3.50. The summed E-state index contributed by atoms with van der Waals surface area (Å²) in [4.78, 5) is 27.0. The number of nitrogens with zero attached hydrogens (tertiary/aromatic N) is 2. The standard InChI is InChI=1S/C18H17N3O3/c1-9-3-4-12(7-10(9)2)13-8-21-16(17(22)19-13)14(11-5-6-11)15(20-21)18(23)24/h3-4,7-8,11H,5-6H2,1-2H3,(H,19,22)(H,23,24). The highest BCUT2D eigenvalue weighted by Gasteiger charge is 2.34. The Hall–Kier alpha value is -2.89. The van der Waals surface area contributed by atoms with Gasteiger partial charge < -0.3 is 10.1 Å². The van der Waals surface area contributed by atoms with E-state index in [1.54, 1.807) is 6.20 Å². The highest BCUT2D eigenvalue weighted by Crippen LogP contribution is 2.43. The Balaban J connectivity index is 1.96. The van der Waals surface area contributed by atoms with Gasteiger partial charge in [0.15, 0.2) is 5.69 Å². The number of H-pyrrole nitrogens is 1. The van der Waals surface area contributed by atoms with Crippen LogP contribution in [0.4, 0.5) is 0 Å². The summed E-state index contributed by atoms with van der Waals surface area (Å²) in [5.74, 6) is -0.963. The van der Waals surface area contributed by atoms with E-state index in [0.29, 0.717) is 16.8 Å². The molecular weight excluding hydrogens is 306 g/mol. The van der Waals surface area contributed by atoms with Crippen molar-refractivity contribution in [1.29, 1.82) is 0 Å². The molecular formula is C18H17N3O3. The molecule has 6 nitrogen and oxygen atoms in total. The summed E-state index contributed by atoms with van der Waals surface area (Å²) >= 11 is 0. The quantitative estimate of drug-likeness (QED) is 0.776. The molecule has 0 amide bonds. The van der Waals surface area contributed by atoms with Crippen LogP contribution in [-0.2, 0) is 0 Å². The molecule has 1 saturated carbocycles. The number of carboxylic acid groups (broad SMARTS) is 1. The zero-order chi connectivity index (χ0) is 17.0. The van der Waals surface area contributed by atoms with Gasteiger partial charge in [0.1, 0.15) is 5.52 Å². The summed E-state index contributed by atoms with van der Waals surface area (Å²) < 4.78 is 1.42. The van der Waals surface area contributed by atoms with Crippen molar-refractivity contribution in [2.75, 3.05) is 0 Å². The maximum absolute atomic E-state index is 12.6. The number of rotatable bonds is 3. The Kier molecular flexibility index (Phi) is 3.09. The molecule has 0 radical (unpaired) electrons. The lowest BCUT2D eigenvalue weighted by atomic mass is 10.0. The summed E-state index contributed by atoms with van der Waals surface area (Å²) in [6.45, 7) is 4.04. The predicted octanol–water partition coefficient (Wildman–Crippen LogP) is 2.88. The van der Waals surface area contributed by atoms with Crippen LogP contribution >= 0.6 is 0 Å². The second kappa shape index (κ2) is 5.06. The first kappa shape index (κ1) is 14.7. The van der Waals surface area contributed by atoms with E-state index in [0.717, 1.165) is 24.0 Å². The van der Waals surface area contributed by atoms with Crippen LogP contribution in [0.25, 0.3) is 16.8 Å². The van der Waals surface area contributed by atoms with Crippen LogP contribution in [0, 0.1) is 13.8 Å². The van der Waals surface area contributed by atoms with E-state index >= 15 is 0 Å². The van der Waals surface area contributed by atoms with E-state index in [2.05, 4.69) is 10.1 Å². The zero-order valence-electron chi connectivity index (χ0n) is 13.5. The summed E-state index contributed by atoms with van der Waals surface area (Å²) in [5.41, 5.74) is 4.39. The Morgan fingerprint density at radius 3 is 2.67 bits per heavy atom. The first-order chi connectivity index (χ1) is 11.5. The van der Waals surface area contributed by atoms with Crippen molar-refractivity contribution < 1.29 is 9.90 Å². The topological polar surface area (TPSA) is 87.5 Å². The lowest BCUT2D eigenvalue weighted by molar-refractivity contribution is 0.0689. The fourth-order valence-electron chi connectivity index (χ4n) is 3.08. The molecule has 0 atom stereocenters. The molecule has 24 heavy (non-hydrogen) atoms. The number of benzene rings is 1. The van der Waals surface area contributed by atoms with E-state index in [1.165, 1.54) is 10.1 Å². The minimum atomic E-state index is -1.09. The zero-order valence-corrected chi connectivity index (χ0v) is 13.5. The van der Waals surface area contributed by atoms with Crippen LogP contribution in [0.5, 0.6) is 0 Å². The third-order valence-corrected chi connectivity index (χ3v) is 4.67. The van der Waals surface area contributed by atoms with Crippen molar-refractivity contribution in [3.8, 4) is 11.3 Å². The van der Waals surface area contributed by atoms with Crippen molar-refractivity contribution in [2.24, 2.45) is 0 Å². The molecule has 1 aliphatic rings. The lowest BCUT2D eigenvalue weighted by Crippen LogP contribution is -2.12. The smallest absolute Gasteiger partial charge is 0.356 e. The fraction of sp³-hybridized carbons (Fsp3) is 0.278. The third-order valence-electron chi connectivity index (χ3n) is 4.67. The molecule has 0 bridgehead atoms. The van der Waals surface area contributed by atoms with Crippen molar-refractivity contribution in [2.45, 2.75) is 32.6 Å². The molecule has 1 aliphatic carbocycles. The van der Waals surface area contributed by atoms with Gasteiger partial charge in [-0.25, -0.2) is 9.31 Å². The van der Waals surface area contributed by atoms with Crippen molar-refractivity contribution >= 4 is 11.5 Å². The Bertz CT molecular complexity index is 1040. The van der Waals surface area contributed by atoms with Gasteiger partial charge >= 0.3 is 5.97 Å². The number of aryl methyl sites for hydroxylation is 2. The van der Waals surface area contributed by atoms with Gasteiger partial charge in [0.2, 0.25) is 0 Å². The molecule has 2 aromatic heterocycles. The van der Waals surface area contributed by atoms with Gasteiger partial charge in [-0.05, 0) is 55.4 Å². The number of carbonyl (C=O) groups is 1. The van der Waals surface area contributed by atoms with Gasteiger partial charge in [0, 0.05) is 5.56 Å². The van der Waals surface area contributed by atoms with Gasteiger partial charge in [-0.3, -0.25) is 4.79 Å². The molecule has 0 unspecified atom stereocenters. The molecule has 122 valence electrons. The van der Waals surface area contributed by atoms with Gasteiger partial charge in [-0.2, -0.15) is 5.10 Å². The fourth-order valence-corrected chi connectivity index (χ4v) is 3.08. The van der Waals surface area contributed by atoms with Crippen LogP contribution < -0.4 is 5.56 Å². The maximum atomic E-state index is 12.6. The Morgan fingerprint density at radius 2 is 2.04 bits per heavy atom. The largest absolute Gasteiger partial charge is 0.476 e. The van der Waals surface area contributed by atoms with Crippen LogP contribution in [0.15, 0.2) is 29.2 Å². The Morgan fingerprint density at radius 1 is 1.29 bits per heavy atom. The summed E-state index contributed by atoms with van der Waals surface area (Å²) in [7, 11) is 0. The normalized spacial score (nSPS) is 14.2. The SMILES string of the molecule is Cc1ccc(-c2cn3nc(C(=O)O)c(C4CC4)c3c(=O)[nH]2)cc1C. The highest BCUT2D eigenvalue weighted by molar-refractivity contribution is 5.90. The van der Waals surface area contributed by atoms with Crippen LogP contribution in [-0.4, -0.2) is 25.7 Å². The minimum absolute atomic E-state index is 0.0137. The number of aromatic amines is 1. The molecule has 0 spiro atoms. The van der Waals surface area contributed by atoms with Crippen molar-refractivity contribution in [1.82, 2.24) is 14.6 Å². The number of aromatic nitrogens is 3. The molecule has 1 aromatic carbocycles. The van der Waals surface area contributed by atoms with Crippen LogP contribution in [0.3, 0.4) is 0 Å². The molecule has 0 aliphatic heterocycles. The first-order valence-electron chi connectivity index (χ1n) is 7.92. The number of aromatic carboxylic acids is 1. The molecule has 3 aromatic rings. The van der Waals surface area contributed by atoms with Crippen molar-refractivity contribution in [3.05, 3.63) is 57.1 Å². The number of carboxylic acids is 1. The molecule has 2 N–H and O–H groups in total. The van der Waals surface area contributed by atoms with Gasteiger partial charge in [-0.1, -0.05) is 12.1 Å². The van der Waals surface area contributed by atoms with E-state index in [1.807, 2.05) is 32.0 Å². The summed E-state index contributed by atoms with van der Waals surface area (Å²) in [6, 6.07) is 5.92. The molecule has 6 heteroatoms. The number of fused-ring (bicyclic) bond motifs is 1. The van der Waals surface area contributed by atoms with Crippen LogP contribution in [0.2, 0.25) is 0 Å². The first-order valence-corrected chi connectivity index (χ1v) is 7.92. The second-order valence-corrected chi connectivity index (χ2v) is 6.43. The van der Waals surface area contributed by atoms with E-state index in [-0.39, 0.29) is 17.2 Å². The maximum Gasteiger partial charge on any atom is 0.356 e. The average molecular weight is 323 g/mol. The monoisotopic (exact) mass is 323 g/mol. The number of hydrogen-bond acceptors (Lipinski definition) is 3. The van der Waals surface area contributed by atoms with E-state index in [9.17, 15) is 14.7 Å². The predicted molar refractivity (Wildman–Crippen MR) is 89.7 cm³/mol. The van der Waals surface area contributed by atoms with Gasteiger partial charge in [0.25, 0.3) is 5.56 Å².